The lowest BCUT2D eigenvalue weighted by atomic mass is 9.89. The lowest BCUT2D eigenvalue weighted by Crippen LogP contribution is -2.58. The molecule has 5 nitrogen and oxygen atoms in total. The quantitative estimate of drug-likeness (QED) is 0.137. The van der Waals surface area contributed by atoms with Gasteiger partial charge in [-0.3, -0.25) is 0 Å². The van der Waals surface area contributed by atoms with Gasteiger partial charge in [-0.05, 0) is 55.4 Å². The van der Waals surface area contributed by atoms with Gasteiger partial charge in [0.2, 0.25) is 0 Å². The highest BCUT2D eigenvalue weighted by molar-refractivity contribution is 7.12. The molecule has 0 bridgehead atoms. The Hall–Kier alpha value is -1.28. The number of ether oxygens (including phenoxy) is 5. The number of rotatable bonds is 21. The monoisotopic (exact) mass is 588 g/mol. The molecule has 232 valence electrons. The van der Waals surface area contributed by atoms with E-state index in [-0.39, 0.29) is 30.5 Å². The fourth-order valence-electron chi connectivity index (χ4n) is 5.22. The summed E-state index contributed by atoms with van der Waals surface area (Å²) in [6.07, 6.45) is 9.27. The van der Waals surface area contributed by atoms with Gasteiger partial charge in [0.1, 0.15) is 30.5 Å². The van der Waals surface area contributed by atoms with Crippen LogP contribution in [0, 0.1) is 0 Å². The summed E-state index contributed by atoms with van der Waals surface area (Å²) in [5.41, 5.74) is 2.44. The van der Waals surface area contributed by atoms with Gasteiger partial charge in [-0.25, -0.2) is 0 Å². The molecule has 0 unspecified atom stereocenters. The Balaban J connectivity index is 1.93. The minimum Gasteiger partial charge on any atom is -0.379 e. The van der Waals surface area contributed by atoms with Crippen LogP contribution in [0.5, 0.6) is 0 Å². The molecule has 2 aromatic rings. The molecule has 5 atom stereocenters. The summed E-state index contributed by atoms with van der Waals surface area (Å²) in [6.45, 7) is 14.3. The van der Waals surface area contributed by atoms with Gasteiger partial charge in [0.15, 0.2) is 0 Å². The van der Waals surface area contributed by atoms with E-state index in [0.717, 1.165) is 76.4 Å². The first-order chi connectivity index (χ1) is 20.1. The highest BCUT2D eigenvalue weighted by atomic mass is 32.1. The van der Waals surface area contributed by atoms with Crippen molar-refractivity contribution in [3.8, 4) is 0 Å². The van der Waals surface area contributed by atoms with Crippen molar-refractivity contribution in [2.24, 2.45) is 0 Å². The largest absolute Gasteiger partial charge is 0.379 e. The molecule has 0 spiro atoms. The lowest BCUT2D eigenvalue weighted by molar-refractivity contribution is -0.268. The smallest absolute Gasteiger partial charge is 0.117 e. The van der Waals surface area contributed by atoms with E-state index in [4.69, 9.17) is 23.7 Å². The van der Waals surface area contributed by atoms with Crippen molar-refractivity contribution < 1.29 is 23.7 Å². The van der Waals surface area contributed by atoms with Crippen LogP contribution in [-0.4, -0.2) is 57.5 Å². The topological polar surface area (TPSA) is 46.2 Å². The molecule has 0 radical (unpaired) electrons. The van der Waals surface area contributed by atoms with Crippen molar-refractivity contribution in [1.29, 1.82) is 0 Å². The molecule has 0 amide bonds. The third kappa shape index (κ3) is 11.1. The van der Waals surface area contributed by atoms with Crippen molar-refractivity contribution in [2.75, 3.05) is 33.0 Å². The second kappa shape index (κ2) is 19.8. The van der Waals surface area contributed by atoms with Crippen molar-refractivity contribution >= 4 is 11.3 Å². The number of thiophene rings is 1. The van der Waals surface area contributed by atoms with Gasteiger partial charge in [-0.15, -0.1) is 11.3 Å². The number of unbranched alkanes of at least 4 members (excludes halogenated alkanes) is 4. The highest BCUT2D eigenvalue weighted by Gasteiger charge is 2.48. The Kier molecular flexibility index (Phi) is 16.5. The molecule has 1 saturated heterocycles. The van der Waals surface area contributed by atoms with Crippen LogP contribution in [0.25, 0.3) is 0 Å². The van der Waals surface area contributed by atoms with E-state index in [0.29, 0.717) is 26.4 Å². The Labute approximate surface area is 254 Å². The molecule has 1 aliphatic rings. The van der Waals surface area contributed by atoms with Gasteiger partial charge in [-0.1, -0.05) is 84.6 Å². The Morgan fingerprint density at radius 1 is 0.683 bits per heavy atom. The fraction of sp³-hybridized carbons (Fsp3) is 0.714. The summed E-state index contributed by atoms with van der Waals surface area (Å²) in [5, 5.41) is 0. The van der Waals surface area contributed by atoms with Crippen LogP contribution >= 0.6 is 11.3 Å². The van der Waals surface area contributed by atoms with E-state index in [1.54, 1.807) is 0 Å². The summed E-state index contributed by atoms with van der Waals surface area (Å²) in [5.74, 6) is 0. The molecule has 1 aliphatic heterocycles. The number of hydrogen-bond donors (Lipinski definition) is 0. The summed E-state index contributed by atoms with van der Waals surface area (Å²) in [4.78, 5) is 2.83. The maximum absolute atomic E-state index is 6.95. The van der Waals surface area contributed by atoms with E-state index < -0.39 is 0 Å². The first kappa shape index (κ1) is 34.2. The van der Waals surface area contributed by atoms with Crippen molar-refractivity contribution in [3.05, 3.63) is 57.3 Å². The zero-order chi connectivity index (χ0) is 29.3. The van der Waals surface area contributed by atoms with Crippen molar-refractivity contribution in [2.45, 2.75) is 129 Å². The molecule has 0 saturated carbocycles. The predicted octanol–water partition coefficient (Wildman–Crippen LogP) is 8.71. The zero-order valence-electron chi connectivity index (χ0n) is 26.4. The van der Waals surface area contributed by atoms with Crippen molar-refractivity contribution in [3.63, 3.8) is 0 Å². The van der Waals surface area contributed by atoms with E-state index in [1.165, 1.54) is 15.3 Å². The molecular weight excluding hydrogens is 532 g/mol. The summed E-state index contributed by atoms with van der Waals surface area (Å²) in [7, 11) is 0. The SMILES string of the molecule is CCCCOC[C@H]1O[C@@H](c2cccc(Cc3ccc(CC)s3)c2)[C@H](OCCCC)[C@@H](OCCCC)[C@@H]1OCCCC. The summed E-state index contributed by atoms with van der Waals surface area (Å²) >= 11 is 1.91. The Bertz CT molecular complexity index is 946. The van der Waals surface area contributed by atoms with Crippen LogP contribution in [0.3, 0.4) is 0 Å². The molecule has 41 heavy (non-hydrogen) atoms. The van der Waals surface area contributed by atoms with Gasteiger partial charge in [-0.2, -0.15) is 0 Å². The third-order valence-electron chi connectivity index (χ3n) is 7.71. The van der Waals surface area contributed by atoms with E-state index in [9.17, 15) is 0 Å². The molecule has 1 aromatic carbocycles. The van der Waals surface area contributed by atoms with Crippen molar-refractivity contribution in [1.82, 2.24) is 0 Å². The fourth-order valence-corrected chi connectivity index (χ4v) is 6.21. The molecule has 6 heteroatoms. The van der Waals surface area contributed by atoms with Crippen LogP contribution in [0.4, 0.5) is 0 Å². The van der Waals surface area contributed by atoms with Gasteiger partial charge >= 0.3 is 0 Å². The standard InChI is InChI=1S/C35H56O5S/c1-6-11-20-36-26-31-33(37-21-12-7-2)35(39-23-14-9-4)34(38-22-13-8-3)32(40-31)28-17-15-16-27(24-28)25-30-19-18-29(10-5)41-30/h15-19,24,31-35H,6-14,20-23,25-26H2,1-5H3/t31-,32+,33-,34+,35+/m1/s1. The van der Waals surface area contributed by atoms with E-state index >= 15 is 0 Å². The van der Waals surface area contributed by atoms with Gasteiger partial charge in [0, 0.05) is 42.6 Å². The maximum atomic E-state index is 6.95. The van der Waals surface area contributed by atoms with E-state index in [1.807, 2.05) is 11.3 Å². The minimum atomic E-state index is -0.251. The third-order valence-corrected chi connectivity index (χ3v) is 8.94. The Morgan fingerprint density at radius 2 is 1.29 bits per heavy atom. The molecule has 0 N–H and O–H groups in total. The van der Waals surface area contributed by atoms with Gasteiger partial charge in [0.25, 0.3) is 0 Å². The molecule has 1 fully saturated rings. The number of hydrogen-bond acceptors (Lipinski definition) is 6. The van der Waals surface area contributed by atoms with Crippen LogP contribution in [0.1, 0.15) is 113 Å². The van der Waals surface area contributed by atoms with Crippen LogP contribution in [0.2, 0.25) is 0 Å². The van der Waals surface area contributed by atoms with Crippen LogP contribution < -0.4 is 0 Å². The summed E-state index contributed by atoms with van der Waals surface area (Å²) in [6, 6.07) is 13.4. The lowest BCUT2D eigenvalue weighted by Gasteiger charge is -2.46. The second-order valence-corrected chi connectivity index (χ2v) is 12.5. The predicted molar refractivity (Wildman–Crippen MR) is 170 cm³/mol. The number of benzene rings is 1. The van der Waals surface area contributed by atoms with Crippen LogP contribution in [0.15, 0.2) is 36.4 Å². The number of aryl methyl sites for hydroxylation is 1. The molecule has 1 aromatic heterocycles. The average Bonchev–Trinajstić information content (AvgIpc) is 3.44. The Morgan fingerprint density at radius 3 is 1.93 bits per heavy atom. The minimum absolute atomic E-state index is 0.221. The van der Waals surface area contributed by atoms with E-state index in [2.05, 4.69) is 71.0 Å². The normalized spacial score (nSPS) is 22.8. The molecule has 2 heterocycles. The summed E-state index contributed by atoms with van der Waals surface area (Å²) < 4.78 is 33.0. The zero-order valence-corrected chi connectivity index (χ0v) is 27.2. The maximum Gasteiger partial charge on any atom is 0.117 e. The molecule has 3 rings (SSSR count). The van der Waals surface area contributed by atoms with Gasteiger partial charge in [0.05, 0.1) is 6.61 Å². The first-order valence-electron chi connectivity index (χ1n) is 16.4. The van der Waals surface area contributed by atoms with Gasteiger partial charge < -0.3 is 23.7 Å². The average molecular weight is 589 g/mol. The highest BCUT2D eigenvalue weighted by Crippen LogP contribution is 2.38. The second-order valence-electron chi connectivity index (χ2n) is 11.2. The first-order valence-corrected chi connectivity index (χ1v) is 17.2. The van der Waals surface area contributed by atoms with Crippen LogP contribution in [-0.2, 0) is 36.5 Å². The molecular formula is C35H56O5S. The molecule has 0 aliphatic carbocycles.